The highest BCUT2D eigenvalue weighted by Gasteiger charge is 2.16. The molecule has 0 radical (unpaired) electrons. The van der Waals surface area contributed by atoms with Gasteiger partial charge in [-0.15, -0.1) is 0 Å². The molecule has 0 aliphatic heterocycles. The molecular formula is C19H23N5O4. The van der Waals surface area contributed by atoms with Gasteiger partial charge in [0.2, 0.25) is 0 Å². The quantitative estimate of drug-likeness (QED) is 0.427. The van der Waals surface area contributed by atoms with Crippen molar-refractivity contribution < 1.29 is 14.3 Å². The number of anilines is 1. The second kappa shape index (κ2) is 8.66. The van der Waals surface area contributed by atoms with E-state index in [1.54, 1.807) is 26.3 Å². The lowest BCUT2D eigenvalue weighted by Crippen LogP contribution is -2.18. The lowest BCUT2D eigenvalue weighted by molar-refractivity contribution is 0.0988. The number of hydrogen-bond donors (Lipinski definition) is 2. The van der Waals surface area contributed by atoms with Crippen LogP contribution in [0.2, 0.25) is 0 Å². The third kappa shape index (κ3) is 4.04. The predicted molar refractivity (Wildman–Crippen MR) is 105 cm³/mol. The predicted octanol–water partition coefficient (Wildman–Crippen LogP) is 1.83. The highest BCUT2D eigenvalue weighted by molar-refractivity contribution is 5.95. The number of hydrogen-bond acceptors (Lipinski definition) is 7. The molecule has 0 fully saturated rings. The average Bonchev–Trinajstić information content (AvgIpc) is 3.03. The second-order valence-corrected chi connectivity index (χ2v) is 6.13. The Hall–Kier alpha value is -3.20. The van der Waals surface area contributed by atoms with Gasteiger partial charge in [0, 0.05) is 26.1 Å². The van der Waals surface area contributed by atoms with E-state index in [0.29, 0.717) is 48.7 Å². The van der Waals surface area contributed by atoms with Crippen molar-refractivity contribution in [3.63, 3.8) is 0 Å². The van der Waals surface area contributed by atoms with Gasteiger partial charge >= 0.3 is 11.7 Å². The number of aromatic nitrogens is 4. The van der Waals surface area contributed by atoms with Crippen molar-refractivity contribution in [1.29, 1.82) is 0 Å². The number of H-pyrrole nitrogens is 1. The number of imidazole rings is 1. The van der Waals surface area contributed by atoms with Crippen LogP contribution in [0.4, 0.5) is 5.82 Å². The van der Waals surface area contributed by atoms with E-state index in [-0.39, 0.29) is 17.5 Å². The van der Waals surface area contributed by atoms with Crippen molar-refractivity contribution in [2.45, 2.75) is 19.9 Å². The smallest absolute Gasteiger partial charge is 0.328 e. The number of rotatable bonds is 9. The third-order valence-corrected chi connectivity index (χ3v) is 4.30. The van der Waals surface area contributed by atoms with Crippen LogP contribution in [0, 0.1) is 0 Å². The number of ether oxygens (including phenoxy) is 2. The lowest BCUT2D eigenvalue weighted by atomic mass is 10.1. The summed E-state index contributed by atoms with van der Waals surface area (Å²) in [6.07, 6.45) is 0.455. The van der Waals surface area contributed by atoms with Crippen molar-refractivity contribution in [2.24, 2.45) is 0 Å². The number of nitrogens with zero attached hydrogens (tertiary/aromatic N) is 3. The van der Waals surface area contributed by atoms with Gasteiger partial charge in [-0.2, -0.15) is 9.97 Å². The average molecular weight is 385 g/mol. The topological polar surface area (TPSA) is 111 Å². The zero-order valence-electron chi connectivity index (χ0n) is 16.1. The molecule has 2 N–H and O–H groups in total. The Labute approximate surface area is 161 Å². The van der Waals surface area contributed by atoms with E-state index in [9.17, 15) is 9.59 Å². The lowest BCUT2D eigenvalue weighted by Gasteiger charge is -2.08. The molecular weight excluding hydrogens is 362 g/mol. The zero-order chi connectivity index (χ0) is 20.1. The Kier molecular flexibility index (Phi) is 6.05. The molecule has 0 aliphatic carbocycles. The van der Waals surface area contributed by atoms with Gasteiger partial charge in [0.15, 0.2) is 17.2 Å². The fourth-order valence-corrected chi connectivity index (χ4v) is 2.80. The molecule has 0 amide bonds. The standard InChI is InChI=1S/C19H23N5O4/c1-4-14(25)13-7-5-12(6-8-13)11-24-17-15(21-19(24)26)16(20-2)22-18(23-17)28-10-9-27-3/h5-8H,4,9-11H2,1-3H3,(H,21,26)(H,20,22,23). The molecule has 1 aromatic carbocycles. The summed E-state index contributed by atoms with van der Waals surface area (Å²) in [6.45, 7) is 2.83. The number of fused-ring (bicyclic) bond motifs is 1. The Bertz CT molecular complexity index is 1020. The van der Waals surface area contributed by atoms with Crippen LogP contribution in [0.5, 0.6) is 6.01 Å². The SMILES string of the molecule is CCC(=O)c1ccc(Cn2c(=O)[nH]c3c(NC)nc(OCCOC)nc32)cc1. The fourth-order valence-electron chi connectivity index (χ4n) is 2.80. The molecule has 148 valence electrons. The molecule has 0 saturated heterocycles. The van der Waals surface area contributed by atoms with Crippen molar-refractivity contribution in [3.05, 3.63) is 45.9 Å². The van der Waals surface area contributed by atoms with Crippen LogP contribution in [0.25, 0.3) is 11.2 Å². The van der Waals surface area contributed by atoms with Crippen LogP contribution in [-0.2, 0) is 11.3 Å². The summed E-state index contributed by atoms with van der Waals surface area (Å²) >= 11 is 0. The Morgan fingerprint density at radius 3 is 2.61 bits per heavy atom. The molecule has 0 bridgehead atoms. The largest absolute Gasteiger partial charge is 0.461 e. The molecule has 0 saturated carbocycles. The van der Waals surface area contributed by atoms with Crippen molar-refractivity contribution in [2.75, 3.05) is 32.7 Å². The summed E-state index contributed by atoms with van der Waals surface area (Å²) in [7, 11) is 3.29. The minimum atomic E-state index is -0.302. The first-order valence-corrected chi connectivity index (χ1v) is 8.99. The molecule has 2 heterocycles. The fraction of sp³-hybridized carbons (Fsp3) is 0.368. The Balaban J connectivity index is 1.95. The first-order chi connectivity index (χ1) is 13.6. The van der Waals surface area contributed by atoms with E-state index in [0.717, 1.165) is 5.56 Å². The van der Waals surface area contributed by atoms with E-state index in [2.05, 4.69) is 20.3 Å². The number of aromatic amines is 1. The molecule has 9 heteroatoms. The van der Waals surface area contributed by atoms with Gasteiger partial charge < -0.3 is 19.8 Å². The van der Waals surface area contributed by atoms with Crippen LogP contribution in [0.3, 0.4) is 0 Å². The number of methoxy groups -OCH3 is 1. The maximum atomic E-state index is 12.5. The summed E-state index contributed by atoms with van der Waals surface area (Å²) in [5, 5.41) is 2.95. The zero-order valence-corrected chi connectivity index (χ0v) is 16.1. The van der Waals surface area contributed by atoms with Crippen molar-refractivity contribution in [3.8, 4) is 6.01 Å². The molecule has 0 atom stereocenters. The summed E-state index contributed by atoms with van der Waals surface area (Å²) in [4.78, 5) is 35.7. The van der Waals surface area contributed by atoms with Gasteiger partial charge in [-0.25, -0.2) is 4.79 Å². The van der Waals surface area contributed by atoms with Gasteiger partial charge in [-0.1, -0.05) is 31.2 Å². The van der Waals surface area contributed by atoms with Crippen molar-refractivity contribution >= 4 is 22.8 Å². The van der Waals surface area contributed by atoms with Crippen LogP contribution in [0.15, 0.2) is 29.1 Å². The molecule has 0 unspecified atom stereocenters. The normalized spacial score (nSPS) is 11.0. The first kappa shape index (κ1) is 19.6. The van der Waals surface area contributed by atoms with E-state index in [1.165, 1.54) is 4.57 Å². The maximum Gasteiger partial charge on any atom is 0.328 e. The number of nitrogens with one attached hydrogen (secondary N) is 2. The monoisotopic (exact) mass is 385 g/mol. The molecule has 2 aromatic heterocycles. The van der Waals surface area contributed by atoms with Gasteiger partial charge in [0.05, 0.1) is 13.2 Å². The van der Waals surface area contributed by atoms with Crippen LogP contribution in [0.1, 0.15) is 29.3 Å². The van der Waals surface area contributed by atoms with Crippen LogP contribution in [-0.4, -0.2) is 52.7 Å². The number of carbonyl (C=O) groups is 1. The number of Topliss-reactive ketones (excluding diaryl/α,β-unsaturated/α-hetero) is 1. The van der Waals surface area contributed by atoms with Gasteiger partial charge in [0.25, 0.3) is 0 Å². The second-order valence-electron chi connectivity index (χ2n) is 6.13. The van der Waals surface area contributed by atoms with E-state index in [4.69, 9.17) is 9.47 Å². The van der Waals surface area contributed by atoms with E-state index < -0.39 is 0 Å². The molecule has 0 aliphatic rings. The number of carbonyl (C=O) groups excluding carboxylic acids is 1. The Morgan fingerprint density at radius 2 is 1.96 bits per heavy atom. The summed E-state index contributed by atoms with van der Waals surface area (Å²) in [5.74, 6) is 0.553. The van der Waals surface area contributed by atoms with Crippen LogP contribution < -0.4 is 15.7 Å². The number of benzene rings is 1. The summed E-state index contributed by atoms with van der Waals surface area (Å²) in [6, 6.07) is 7.38. The molecule has 3 rings (SSSR count). The maximum absolute atomic E-state index is 12.5. The van der Waals surface area contributed by atoms with Gasteiger partial charge in [0.1, 0.15) is 12.1 Å². The van der Waals surface area contributed by atoms with Gasteiger partial charge in [-0.3, -0.25) is 9.36 Å². The Morgan fingerprint density at radius 1 is 1.21 bits per heavy atom. The van der Waals surface area contributed by atoms with Crippen molar-refractivity contribution in [1.82, 2.24) is 19.5 Å². The first-order valence-electron chi connectivity index (χ1n) is 8.99. The van der Waals surface area contributed by atoms with Crippen LogP contribution >= 0.6 is 0 Å². The summed E-state index contributed by atoms with van der Waals surface area (Å²) < 4.78 is 12.0. The van der Waals surface area contributed by atoms with Gasteiger partial charge in [-0.05, 0) is 5.56 Å². The third-order valence-electron chi connectivity index (χ3n) is 4.30. The minimum Gasteiger partial charge on any atom is -0.461 e. The molecule has 9 nitrogen and oxygen atoms in total. The minimum absolute atomic E-state index is 0.0834. The molecule has 3 aromatic rings. The van der Waals surface area contributed by atoms with E-state index >= 15 is 0 Å². The highest BCUT2D eigenvalue weighted by atomic mass is 16.5. The molecule has 28 heavy (non-hydrogen) atoms. The molecule has 0 spiro atoms. The van der Waals surface area contributed by atoms with E-state index in [1.807, 2.05) is 19.1 Å². The highest BCUT2D eigenvalue weighted by Crippen LogP contribution is 2.20. The summed E-state index contributed by atoms with van der Waals surface area (Å²) in [5.41, 5.74) is 2.17. The number of ketones is 1.